The highest BCUT2D eigenvalue weighted by molar-refractivity contribution is 5.97. The molecular weight excluding hydrogens is 282 g/mol. The number of aromatic amines is 1. The fourth-order valence-corrected chi connectivity index (χ4v) is 2.11. The maximum Gasteiger partial charge on any atom is 0.253 e. The van der Waals surface area contributed by atoms with Gasteiger partial charge in [-0.1, -0.05) is 12.1 Å². The van der Waals surface area contributed by atoms with E-state index in [1.54, 1.807) is 23.3 Å². The van der Waals surface area contributed by atoms with Crippen molar-refractivity contribution >= 4 is 5.91 Å². The monoisotopic (exact) mass is 297 g/mol. The highest BCUT2D eigenvalue weighted by Crippen LogP contribution is 2.15. The van der Waals surface area contributed by atoms with Crippen LogP contribution in [-0.2, 0) is 0 Å². The molecule has 0 bridgehead atoms. The van der Waals surface area contributed by atoms with Gasteiger partial charge in [0.1, 0.15) is 18.5 Å². The molecule has 0 unspecified atom stereocenters. The lowest BCUT2D eigenvalue weighted by atomic mass is 10.1. The van der Waals surface area contributed by atoms with Crippen molar-refractivity contribution < 1.29 is 4.79 Å². The zero-order valence-electron chi connectivity index (χ0n) is 12.2. The normalized spacial score (nSPS) is 12.1. The van der Waals surface area contributed by atoms with E-state index in [2.05, 4.69) is 30.7 Å². The number of benzene rings is 1. The molecule has 112 valence electrons. The minimum Gasteiger partial charge on any atom is -0.342 e. The van der Waals surface area contributed by atoms with Crippen LogP contribution in [-0.4, -0.2) is 35.9 Å². The third-order valence-electron chi connectivity index (χ3n) is 3.20. The summed E-state index contributed by atoms with van der Waals surface area (Å²) >= 11 is 0. The molecule has 2 heterocycles. The van der Waals surface area contributed by atoms with E-state index in [1.807, 2.05) is 32.0 Å². The Labute approximate surface area is 126 Å². The summed E-state index contributed by atoms with van der Waals surface area (Å²) in [6, 6.07) is 6.95. The molecule has 0 aliphatic rings. The Hall–Kier alpha value is -3.03. The van der Waals surface area contributed by atoms with Crippen LogP contribution in [0.5, 0.6) is 0 Å². The third kappa shape index (κ3) is 2.71. The molecule has 1 atom stereocenters. The van der Waals surface area contributed by atoms with E-state index in [1.165, 1.54) is 0 Å². The van der Waals surface area contributed by atoms with Crippen LogP contribution in [0, 0.1) is 6.92 Å². The smallest absolute Gasteiger partial charge is 0.253 e. The lowest BCUT2D eigenvalue weighted by Gasteiger charge is -2.13. The Morgan fingerprint density at radius 1 is 1.27 bits per heavy atom. The van der Waals surface area contributed by atoms with E-state index >= 15 is 0 Å². The fraction of sp³-hybridized carbons (Fsp3) is 0.214. The summed E-state index contributed by atoms with van der Waals surface area (Å²) in [6.07, 6.45) is 3.10. The molecule has 2 N–H and O–H groups in total. The van der Waals surface area contributed by atoms with Gasteiger partial charge in [-0.3, -0.25) is 14.5 Å². The summed E-state index contributed by atoms with van der Waals surface area (Å²) in [5, 5.41) is 17.2. The van der Waals surface area contributed by atoms with Gasteiger partial charge >= 0.3 is 0 Å². The van der Waals surface area contributed by atoms with Crippen LogP contribution in [0.1, 0.15) is 35.0 Å². The average molecular weight is 297 g/mol. The highest BCUT2D eigenvalue weighted by Gasteiger charge is 2.17. The largest absolute Gasteiger partial charge is 0.342 e. The second kappa shape index (κ2) is 5.76. The Balaban J connectivity index is 1.84. The number of carbonyl (C=O) groups is 1. The van der Waals surface area contributed by atoms with Gasteiger partial charge in [0, 0.05) is 0 Å². The summed E-state index contributed by atoms with van der Waals surface area (Å²) in [4.78, 5) is 16.7. The molecule has 8 heteroatoms. The summed E-state index contributed by atoms with van der Waals surface area (Å²) in [5.41, 5.74) is 1.24. The zero-order valence-corrected chi connectivity index (χ0v) is 12.2. The van der Waals surface area contributed by atoms with Crippen molar-refractivity contribution in [1.29, 1.82) is 0 Å². The maximum absolute atomic E-state index is 12.5. The number of aryl methyl sites for hydroxylation is 1. The molecule has 0 aliphatic heterocycles. The van der Waals surface area contributed by atoms with Crippen LogP contribution < -0.4 is 5.32 Å². The molecule has 22 heavy (non-hydrogen) atoms. The number of rotatable bonds is 4. The summed E-state index contributed by atoms with van der Waals surface area (Å²) in [5.74, 6) is 1.05. The quantitative estimate of drug-likeness (QED) is 0.753. The number of carbonyl (C=O) groups excluding carboxylic acids is 1. The number of H-pyrrole nitrogens is 1. The first kappa shape index (κ1) is 13.9. The Kier molecular flexibility index (Phi) is 3.65. The molecule has 2 aromatic heterocycles. The molecule has 1 amide bonds. The number of hydrogen-bond donors (Lipinski definition) is 2. The molecule has 0 fully saturated rings. The van der Waals surface area contributed by atoms with Gasteiger partial charge in [0.15, 0.2) is 5.82 Å². The van der Waals surface area contributed by atoms with Gasteiger partial charge < -0.3 is 5.32 Å². The van der Waals surface area contributed by atoms with E-state index in [4.69, 9.17) is 0 Å². The van der Waals surface area contributed by atoms with Crippen LogP contribution in [0.2, 0.25) is 0 Å². The van der Waals surface area contributed by atoms with E-state index in [0.29, 0.717) is 22.9 Å². The summed E-state index contributed by atoms with van der Waals surface area (Å²) < 4.78 is 1.69. The van der Waals surface area contributed by atoms with Gasteiger partial charge in [0.25, 0.3) is 5.91 Å². The van der Waals surface area contributed by atoms with Crippen molar-refractivity contribution in [2.75, 3.05) is 0 Å². The highest BCUT2D eigenvalue weighted by atomic mass is 16.1. The predicted molar refractivity (Wildman–Crippen MR) is 78.4 cm³/mol. The first-order chi connectivity index (χ1) is 10.6. The van der Waals surface area contributed by atoms with Crippen LogP contribution >= 0.6 is 0 Å². The number of hydrogen-bond acceptors (Lipinski definition) is 5. The first-order valence-corrected chi connectivity index (χ1v) is 6.79. The second-order valence-electron chi connectivity index (χ2n) is 4.86. The third-order valence-corrected chi connectivity index (χ3v) is 3.20. The van der Waals surface area contributed by atoms with Crippen molar-refractivity contribution in [3.63, 3.8) is 0 Å². The van der Waals surface area contributed by atoms with Gasteiger partial charge in [-0.05, 0) is 26.0 Å². The lowest BCUT2D eigenvalue weighted by Crippen LogP contribution is -2.28. The minimum atomic E-state index is -0.300. The van der Waals surface area contributed by atoms with E-state index in [9.17, 15) is 4.79 Å². The topological polar surface area (TPSA) is 101 Å². The van der Waals surface area contributed by atoms with Gasteiger partial charge in [-0.25, -0.2) is 4.98 Å². The van der Waals surface area contributed by atoms with Crippen molar-refractivity contribution in [3.8, 4) is 5.69 Å². The van der Waals surface area contributed by atoms with Gasteiger partial charge in [0.05, 0.1) is 17.3 Å². The van der Waals surface area contributed by atoms with Crippen LogP contribution in [0.15, 0.2) is 36.9 Å². The lowest BCUT2D eigenvalue weighted by molar-refractivity contribution is 0.0938. The fourth-order valence-electron chi connectivity index (χ4n) is 2.11. The van der Waals surface area contributed by atoms with E-state index < -0.39 is 0 Å². The zero-order chi connectivity index (χ0) is 15.5. The minimum absolute atomic E-state index is 0.209. The molecule has 3 rings (SSSR count). The van der Waals surface area contributed by atoms with Crippen molar-refractivity contribution in [3.05, 3.63) is 54.1 Å². The van der Waals surface area contributed by atoms with Crippen molar-refractivity contribution in [2.24, 2.45) is 0 Å². The number of para-hydroxylation sites is 1. The molecule has 0 radical (unpaired) electrons. The predicted octanol–water partition coefficient (Wildman–Crippen LogP) is 1.18. The van der Waals surface area contributed by atoms with Gasteiger partial charge in [0.2, 0.25) is 0 Å². The molecule has 1 aromatic carbocycles. The molecule has 8 nitrogen and oxygen atoms in total. The first-order valence-electron chi connectivity index (χ1n) is 6.79. The molecule has 0 spiro atoms. The molecule has 0 aliphatic carbocycles. The Bertz CT molecular complexity index is 778. The van der Waals surface area contributed by atoms with Crippen molar-refractivity contribution in [2.45, 2.75) is 19.9 Å². The number of nitrogens with one attached hydrogen (secondary N) is 2. The molecule has 3 aromatic rings. The number of amides is 1. The maximum atomic E-state index is 12.5. The summed E-state index contributed by atoms with van der Waals surface area (Å²) in [7, 11) is 0. The molecule has 0 saturated heterocycles. The second-order valence-corrected chi connectivity index (χ2v) is 4.86. The standard InChI is InChI=1S/C14H15N7O/c1-9(13-18-10(2)19-20-13)17-14(22)11-5-3-4-6-12(11)21-7-15-16-8-21/h3-9H,1-2H3,(H,17,22)(H,18,19,20)/t9-/m1/s1. The SMILES string of the molecule is Cc1nc([C@@H](C)NC(=O)c2ccccc2-n2cnnc2)n[nH]1. The summed E-state index contributed by atoms with van der Waals surface area (Å²) in [6.45, 7) is 3.65. The van der Waals surface area contributed by atoms with Crippen molar-refractivity contribution in [1.82, 2.24) is 35.3 Å². The molecule has 0 saturated carbocycles. The average Bonchev–Trinajstić information content (AvgIpc) is 3.18. The van der Waals surface area contributed by atoms with E-state index in [0.717, 1.165) is 0 Å². The number of aromatic nitrogens is 6. The Morgan fingerprint density at radius 3 is 2.68 bits per heavy atom. The van der Waals surface area contributed by atoms with Crippen LogP contribution in [0.3, 0.4) is 0 Å². The molecular formula is C14H15N7O. The Morgan fingerprint density at radius 2 is 2.00 bits per heavy atom. The van der Waals surface area contributed by atoms with Crippen LogP contribution in [0.4, 0.5) is 0 Å². The van der Waals surface area contributed by atoms with E-state index in [-0.39, 0.29) is 11.9 Å². The van der Waals surface area contributed by atoms with Gasteiger partial charge in [-0.2, -0.15) is 5.10 Å². The van der Waals surface area contributed by atoms with Crippen LogP contribution in [0.25, 0.3) is 5.69 Å². The van der Waals surface area contributed by atoms with Gasteiger partial charge in [-0.15, -0.1) is 10.2 Å². The number of nitrogens with zero attached hydrogens (tertiary/aromatic N) is 5.